The number of fused-ring (bicyclic) bond motifs is 1. The normalized spacial score (nSPS) is 12.4. The third-order valence-electron chi connectivity index (χ3n) is 2.80. The molecule has 0 atom stereocenters. The van der Waals surface area contributed by atoms with E-state index in [2.05, 4.69) is 17.0 Å². The zero-order chi connectivity index (χ0) is 13.2. The summed E-state index contributed by atoms with van der Waals surface area (Å²) in [6, 6.07) is 9.80. The molecule has 0 N–H and O–H groups in total. The van der Waals surface area contributed by atoms with Crippen molar-refractivity contribution in [1.29, 1.82) is 0 Å². The van der Waals surface area contributed by atoms with Crippen LogP contribution < -0.4 is 10.1 Å². The molecule has 0 fully saturated rings. The van der Waals surface area contributed by atoms with Crippen molar-refractivity contribution in [1.82, 2.24) is 14.6 Å². The fourth-order valence-corrected chi connectivity index (χ4v) is 2.83. The van der Waals surface area contributed by atoms with E-state index in [1.54, 1.807) is 0 Å². The maximum atomic E-state index is 12.2. The summed E-state index contributed by atoms with van der Waals surface area (Å²) in [4.78, 5) is 17.2. The highest BCUT2D eigenvalue weighted by molar-refractivity contribution is 7.15. The summed E-state index contributed by atoms with van der Waals surface area (Å²) in [5, 5.41) is 4.25. The van der Waals surface area contributed by atoms with Gasteiger partial charge in [0.1, 0.15) is 0 Å². The lowest BCUT2D eigenvalue weighted by molar-refractivity contribution is 0.810. The molecule has 96 valence electrons. The van der Waals surface area contributed by atoms with Crippen molar-refractivity contribution in [2.45, 2.75) is 19.8 Å². The predicted octanol–water partition coefficient (Wildman–Crippen LogP) is 1.65. The molecule has 2 aromatic heterocycles. The van der Waals surface area contributed by atoms with E-state index >= 15 is 0 Å². The number of thiazole rings is 1. The van der Waals surface area contributed by atoms with Crippen molar-refractivity contribution >= 4 is 22.4 Å². The van der Waals surface area contributed by atoms with E-state index in [0.29, 0.717) is 9.49 Å². The first-order valence-corrected chi connectivity index (χ1v) is 7.05. The van der Waals surface area contributed by atoms with Gasteiger partial charge in [-0.15, -0.1) is 5.10 Å². The van der Waals surface area contributed by atoms with Crippen LogP contribution in [0.1, 0.15) is 24.7 Å². The van der Waals surface area contributed by atoms with Gasteiger partial charge < -0.3 is 0 Å². The number of benzene rings is 1. The minimum atomic E-state index is -0.0845. The van der Waals surface area contributed by atoms with Crippen LogP contribution in [0.3, 0.4) is 0 Å². The Balaban J connectivity index is 2.11. The van der Waals surface area contributed by atoms with Crippen molar-refractivity contribution < 1.29 is 0 Å². The number of nitrogens with zero attached hydrogens (tertiary/aromatic N) is 3. The fraction of sp³-hybridized carbons (Fsp3) is 0.214. The van der Waals surface area contributed by atoms with Crippen molar-refractivity contribution in [3.63, 3.8) is 0 Å². The molecular formula is C14H13N3OS. The lowest BCUT2D eigenvalue weighted by Crippen LogP contribution is -2.23. The largest absolute Gasteiger partial charge is 0.291 e. The molecule has 3 aromatic rings. The Hall–Kier alpha value is -2.01. The summed E-state index contributed by atoms with van der Waals surface area (Å²) in [6.45, 7) is 2.07. The van der Waals surface area contributed by atoms with Crippen molar-refractivity contribution in [2.24, 2.45) is 0 Å². The standard InChI is InChI=1S/C14H13N3OS/c1-2-6-12-15-14-17(16-12)13(18)11(19-14)9-10-7-4-3-5-8-10/h3-5,7-9H,2,6H2,1H3/b11-9-. The first kappa shape index (κ1) is 12.0. The molecule has 0 aliphatic heterocycles. The van der Waals surface area contributed by atoms with Gasteiger partial charge in [0.2, 0.25) is 4.96 Å². The number of aromatic nitrogens is 3. The SMILES string of the molecule is CCCc1nc2s/c(=C\c3ccccc3)c(=O)n2n1. The molecule has 0 aliphatic carbocycles. The topological polar surface area (TPSA) is 47.3 Å². The highest BCUT2D eigenvalue weighted by Crippen LogP contribution is 2.04. The molecule has 0 saturated heterocycles. The van der Waals surface area contributed by atoms with E-state index in [0.717, 1.165) is 24.2 Å². The van der Waals surface area contributed by atoms with Gasteiger partial charge in [-0.2, -0.15) is 4.52 Å². The van der Waals surface area contributed by atoms with E-state index in [9.17, 15) is 4.79 Å². The second-order valence-electron chi connectivity index (χ2n) is 4.30. The van der Waals surface area contributed by atoms with E-state index < -0.39 is 0 Å². The number of hydrogen-bond acceptors (Lipinski definition) is 4. The Morgan fingerprint density at radius 3 is 2.79 bits per heavy atom. The van der Waals surface area contributed by atoms with Crippen molar-refractivity contribution in [2.75, 3.05) is 0 Å². The molecule has 0 bridgehead atoms. The Labute approximate surface area is 114 Å². The summed E-state index contributed by atoms with van der Waals surface area (Å²) in [5.74, 6) is 0.747. The Morgan fingerprint density at radius 1 is 1.32 bits per heavy atom. The molecule has 5 heteroatoms. The molecule has 0 spiro atoms. The molecule has 2 heterocycles. The average molecular weight is 271 g/mol. The average Bonchev–Trinajstić information content (AvgIpc) is 2.92. The van der Waals surface area contributed by atoms with Crippen molar-refractivity contribution in [3.8, 4) is 0 Å². The number of hydrogen-bond donors (Lipinski definition) is 0. The molecular weight excluding hydrogens is 258 g/mol. The third kappa shape index (κ3) is 2.29. The van der Waals surface area contributed by atoms with Crippen LogP contribution in [-0.4, -0.2) is 14.6 Å². The van der Waals surface area contributed by atoms with Crippen LogP contribution in [0.15, 0.2) is 35.1 Å². The number of rotatable bonds is 3. The van der Waals surface area contributed by atoms with Crippen LogP contribution >= 0.6 is 11.3 Å². The smallest absolute Gasteiger partial charge is 0.266 e. The van der Waals surface area contributed by atoms with Gasteiger partial charge in [-0.1, -0.05) is 48.6 Å². The molecule has 0 unspecified atom stereocenters. The summed E-state index contributed by atoms with van der Waals surface area (Å²) in [7, 11) is 0. The Bertz CT molecular complexity index is 804. The zero-order valence-corrected chi connectivity index (χ0v) is 11.4. The minimum absolute atomic E-state index is 0.0845. The van der Waals surface area contributed by atoms with Gasteiger partial charge in [0.25, 0.3) is 5.56 Å². The highest BCUT2D eigenvalue weighted by atomic mass is 32.1. The molecule has 3 rings (SSSR count). The predicted molar refractivity (Wildman–Crippen MR) is 76.4 cm³/mol. The Kier molecular flexibility index (Phi) is 3.13. The lowest BCUT2D eigenvalue weighted by atomic mass is 10.2. The Morgan fingerprint density at radius 2 is 2.11 bits per heavy atom. The second kappa shape index (κ2) is 4.93. The molecule has 19 heavy (non-hydrogen) atoms. The third-order valence-corrected chi connectivity index (χ3v) is 3.76. The minimum Gasteiger partial charge on any atom is -0.266 e. The quantitative estimate of drug-likeness (QED) is 0.727. The fourth-order valence-electron chi connectivity index (χ4n) is 1.90. The van der Waals surface area contributed by atoms with Gasteiger partial charge >= 0.3 is 0 Å². The highest BCUT2D eigenvalue weighted by Gasteiger charge is 2.09. The molecule has 1 aromatic carbocycles. The van der Waals surface area contributed by atoms with Gasteiger partial charge in [-0.05, 0) is 18.1 Å². The second-order valence-corrected chi connectivity index (χ2v) is 5.31. The van der Waals surface area contributed by atoms with Crippen LogP contribution in [0.5, 0.6) is 0 Å². The first-order chi connectivity index (χ1) is 9.28. The number of aryl methyl sites for hydroxylation is 1. The van der Waals surface area contributed by atoms with Gasteiger partial charge in [0.15, 0.2) is 5.82 Å². The molecule has 0 amide bonds. The van der Waals surface area contributed by atoms with E-state index in [1.165, 1.54) is 15.9 Å². The van der Waals surface area contributed by atoms with Gasteiger partial charge in [0, 0.05) is 6.42 Å². The summed E-state index contributed by atoms with van der Waals surface area (Å²) < 4.78 is 2.08. The maximum Gasteiger partial charge on any atom is 0.291 e. The van der Waals surface area contributed by atoms with Gasteiger partial charge in [-0.25, -0.2) is 4.98 Å². The van der Waals surface area contributed by atoms with Crippen molar-refractivity contribution in [3.05, 3.63) is 56.6 Å². The van der Waals surface area contributed by atoms with Gasteiger partial charge in [0.05, 0.1) is 4.53 Å². The summed E-state index contributed by atoms with van der Waals surface area (Å²) >= 11 is 1.39. The lowest BCUT2D eigenvalue weighted by Gasteiger charge is -1.88. The maximum absolute atomic E-state index is 12.2. The molecule has 0 saturated carbocycles. The van der Waals surface area contributed by atoms with Crippen LogP contribution in [0.4, 0.5) is 0 Å². The molecule has 0 radical (unpaired) electrons. The van der Waals surface area contributed by atoms with Crippen LogP contribution in [0, 0.1) is 0 Å². The van der Waals surface area contributed by atoms with Gasteiger partial charge in [-0.3, -0.25) is 4.79 Å². The summed E-state index contributed by atoms with van der Waals surface area (Å²) in [6.07, 6.45) is 3.67. The zero-order valence-electron chi connectivity index (χ0n) is 10.5. The first-order valence-electron chi connectivity index (χ1n) is 6.23. The van der Waals surface area contributed by atoms with E-state index in [-0.39, 0.29) is 5.56 Å². The van der Waals surface area contributed by atoms with E-state index in [1.807, 2.05) is 36.4 Å². The monoisotopic (exact) mass is 271 g/mol. The molecule has 0 aliphatic rings. The van der Waals surface area contributed by atoms with E-state index in [4.69, 9.17) is 0 Å². The van der Waals surface area contributed by atoms with Crippen LogP contribution in [-0.2, 0) is 6.42 Å². The van der Waals surface area contributed by atoms with Crippen LogP contribution in [0.25, 0.3) is 11.0 Å². The molecule has 4 nitrogen and oxygen atoms in total. The summed E-state index contributed by atoms with van der Waals surface area (Å²) in [5.41, 5.74) is 0.927. The van der Waals surface area contributed by atoms with Crippen LogP contribution in [0.2, 0.25) is 0 Å².